The summed E-state index contributed by atoms with van der Waals surface area (Å²) in [5, 5.41) is 3.66. The van der Waals surface area contributed by atoms with Gasteiger partial charge in [0.2, 0.25) is 0 Å². The predicted octanol–water partition coefficient (Wildman–Crippen LogP) is 4.48. The third kappa shape index (κ3) is 4.57. The molecule has 0 spiro atoms. The molecule has 0 aromatic carbocycles. The van der Waals surface area contributed by atoms with Crippen LogP contribution in [0, 0.1) is 13.8 Å². The largest absolute Gasteiger partial charge is 0.417 e. The molecule has 0 unspecified atom stereocenters. The van der Waals surface area contributed by atoms with E-state index in [1.54, 1.807) is 0 Å². The van der Waals surface area contributed by atoms with E-state index < -0.39 is 11.7 Å². The summed E-state index contributed by atoms with van der Waals surface area (Å²) in [5.41, 5.74) is 1.59. The van der Waals surface area contributed by atoms with Gasteiger partial charge in [-0.05, 0) is 45.5 Å². The van der Waals surface area contributed by atoms with E-state index >= 15 is 0 Å². The molecule has 0 aliphatic rings. The van der Waals surface area contributed by atoms with Crippen molar-refractivity contribution in [3.63, 3.8) is 0 Å². The fraction of sp³-hybridized carbons (Fsp3) is 0.400. The van der Waals surface area contributed by atoms with Gasteiger partial charge in [-0.3, -0.25) is 4.98 Å². The Hall–Kier alpha value is -1.83. The topological polar surface area (TPSA) is 50.7 Å². The zero-order valence-electron chi connectivity index (χ0n) is 13.2. The minimum atomic E-state index is -4.42. The summed E-state index contributed by atoms with van der Waals surface area (Å²) in [6.45, 7) is 7.70. The summed E-state index contributed by atoms with van der Waals surface area (Å²) in [6, 6.07) is 1.29. The van der Waals surface area contributed by atoms with E-state index in [1.807, 2.05) is 27.7 Å². The van der Waals surface area contributed by atoms with Crippen LogP contribution in [0.3, 0.4) is 0 Å². The van der Waals surface area contributed by atoms with Crippen LogP contribution >= 0.6 is 11.8 Å². The maximum absolute atomic E-state index is 12.7. The maximum Gasteiger partial charge on any atom is 0.417 e. The van der Waals surface area contributed by atoms with Gasteiger partial charge in [0.15, 0.2) is 5.16 Å². The Kier molecular flexibility index (Phi) is 5.13. The van der Waals surface area contributed by atoms with Crippen LogP contribution < -0.4 is 5.32 Å². The third-order valence-electron chi connectivity index (χ3n) is 2.93. The Labute approximate surface area is 137 Å². The number of anilines is 1. The molecular formula is C15H17F3N4S. The Balaban J connectivity index is 2.28. The Bertz CT molecular complexity index is 678. The molecule has 0 amide bonds. The highest BCUT2D eigenvalue weighted by molar-refractivity contribution is 7.99. The number of hydrogen-bond acceptors (Lipinski definition) is 5. The van der Waals surface area contributed by atoms with Gasteiger partial charge in [-0.15, -0.1) is 0 Å². The summed E-state index contributed by atoms with van der Waals surface area (Å²) in [4.78, 5) is 12.7. The number of aryl methyl sites for hydroxylation is 2. The van der Waals surface area contributed by atoms with E-state index in [9.17, 15) is 13.2 Å². The fourth-order valence-electron chi connectivity index (χ4n) is 1.96. The number of rotatable bonds is 4. The lowest BCUT2D eigenvalue weighted by molar-refractivity contribution is -0.138. The molecular weight excluding hydrogens is 325 g/mol. The molecule has 1 N–H and O–H groups in total. The Morgan fingerprint density at radius 1 is 1.09 bits per heavy atom. The second kappa shape index (κ2) is 6.74. The average Bonchev–Trinajstić information content (AvgIpc) is 2.42. The number of pyridine rings is 1. The van der Waals surface area contributed by atoms with Gasteiger partial charge in [0.1, 0.15) is 0 Å². The number of halogens is 3. The second-order valence-corrected chi connectivity index (χ2v) is 6.40. The molecule has 0 atom stereocenters. The van der Waals surface area contributed by atoms with Gasteiger partial charge in [-0.1, -0.05) is 0 Å². The standard InChI is InChI=1S/C15H17F3N4S/c1-8(2)20-13-9(3)21-14(22-10(13)4)23-12-5-11(6-19-7-12)15(16,17)18/h5-8,20H,1-4H3. The molecule has 2 aromatic heterocycles. The first-order valence-corrected chi connectivity index (χ1v) is 7.80. The van der Waals surface area contributed by atoms with Crippen LogP contribution in [0.15, 0.2) is 28.5 Å². The van der Waals surface area contributed by atoms with Crippen LogP contribution in [-0.4, -0.2) is 21.0 Å². The van der Waals surface area contributed by atoms with E-state index in [4.69, 9.17) is 0 Å². The van der Waals surface area contributed by atoms with Gasteiger partial charge in [0.05, 0.1) is 22.6 Å². The van der Waals surface area contributed by atoms with Crippen molar-refractivity contribution >= 4 is 17.4 Å². The van der Waals surface area contributed by atoms with Crippen LogP contribution in [0.5, 0.6) is 0 Å². The first-order chi connectivity index (χ1) is 10.7. The lowest BCUT2D eigenvalue weighted by Gasteiger charge is -2.15. The van der Waals surface area contributed by atoms with Crippen molar-refractivity contribution < 1.29 is 13.2 Å². The number of nitrogens with zero attached hydrogens (tertiary/aromatic N) is 3. The van der Waals surface area contributed by atoms with E-state index in [0.717, 1.165) is 41.1 Å². The zero-order valence-corrected chi connectivity index (χ0v) is 14.0. The fourth-order valence-corrected chi connectivity index (χ4v) is 2.84. The quantitative estimate of drug-likeness (QED) is 0.830. The average molecular weight is 342 g/mol. The zero-order chi connectivity index (χ0) is 17.2. The molecule has 2 aromatic rings. The molecule has 4 nitrogen and oxygen atoms in total. The molecule has 0 radical (unpaired) electrons. The van der Waals surface area contributed by atoms with E-state index in [0.29, 0.717) is 10.1 Å². The maximum atomic E-state index is 12.7. The van der Waals surface area contributed by atoms with Crippen molar-refractivity contribution in [2.75, 3.05) is 5.32 Å². The number of hydrogen-bond donors (Lipinski definition) is 1. The predicted molar refractivity (Wildman–Crippen MR) is 83.6 cm³/mol. The smallest absolute Gasteiger partial charge is 0.380 e. The van der Waals surface area contributed by atoms with Gasteiger partial charge in [-0.2, -0.15) is 13.2 Å². The summed E-state index contributed by atoms with van der Waals surface area (Å²) in [6.07, 6.45) is -2.24. The highest BCUT2D eigenvalue weighted by atomic mass is 32.2. The van der Waals surface area contributed by atoms with Crippen molar-refractivity contribution in [1.29, 1.82) is 0 Å². The van der Waals surface area contributed by atoms with Crippen LogP contribution in [0.2, 0.25) is 0 Å². The lowest BCUT2D eigenvalue weighted by atomic mass is 10.2. The molecule has 2 rings (SSSR count). The minimum Gasteiger partial charge on any atom is -0.380 e. The van der Waals surface area contributed by atoms with Gasteiger partial charge in [0, 0.05) is 23.3 Å². The van der Waals surface area contributed by atoms with E-state index in [2.05, 4.69) is 20.3 Å². The van der Waals surface area contributed by atoms with Gasteiger partial charge < -0.3 is 5.32 Å². The Morgan fingerprint density at radius 2 is 1.70 bits per heavy atom. The van der Waals surface area contributed by atoms with Crippen LogP contribution in [0.25, 0.3) is 0 Å². The highest BCUT2D eigenvalue weighted by Gasteiger charge is 2.31. The first kappa shape index (κ1) is 17.5. The minimum absolute atomic E-state index is 0.238. The molecule has 8 heteroatoms. The number of nitrogens with one attached hydrogen (secondary N) is 1. The molecule has 0 aliphatic heterocycles. The van der Waals surface area contributed by atoms with Crippen molar-refractivity contribution in [2.45, 2.75) is 50.0 Å². The summed E-state index contributed by atoms with van der Waals surface area (Å²) in [5.74, 6) is 0. The van der Waals surface area contributed by atoms with E-state index in [-0.39, 0.29) is 6.04 Å². The number of alkyl halides is 3. The molecule has 124 valence electrons. The summed E-state index contributed by atoms with van der Waals surface area (Å²) in [7, 11) is 0. The molecule has 0 saturated carbocycles. The molecule has 0 bridgehead atoms. The lowest BCUT2D eigenvalue weighted by Crippen LogP contribution is -2.14. The van der Waals surface area contributed by atoms with Crippen LogP contribution in [0.4, 0.5) is 18.9 Å². The molecule has 0 fully saturated rings. The SMILES string of the molecule is Cc1nc(Sc2cncc(C(F)(F)F)c2)nc(C)c1NC(C)C. The summed E-state index contributed by atoms with van der Waals surface area (Å²) >= 11 is 1.06. The molecule has 0 aliphatic carbocycles. The monoisotopic (exact) mass is 342 g/mol. The first-order valence-electron chi connectivity index (χ1n) is 6.98. The van der Waals surface area contributed by atoms with Crippen LogP contribution in [0.1, 0.15) is 30.8 Å². The molecule has 23 heavy (non-hydrogen) atoms. The Morgan fingerprint density at radius 3 is 2.22 bits per heavy atom. The normalized spacial score (nSPS) is 11.8. The third-order valence-corrected chi connectivity index (χ3v) is 3.76. The van der Waals surface area contributed by atoms with Crippen molar-refractivity contribution in [1.82, 2.24) is 15.0 Å². The molecule has 2 heterocycles. The van der Waals surface area contributed by atoms with Gasteiger partial charge >= 0.3 is 6.18 Å². The van der Waals surface area contributed by atoms with Crippen molar-refractivity contribution in [2.24, 2.45) is 0 Å². The van der Waals surface area contributed by atoms with Crippen LogP contribution in [-0.2, 0) is 6.18 Å². The molecule has 0 saturated heterocycles. The highest BCUT2D eigenvalue weighted by Crippen LogP contribution is 2.33. The summed E-state index contributed by atoms with van der Waals surface area (Å²) < 4.78 is 38.2. The number of aromatic nitrogens is 3. The van der Waals surface area contributed by atoms with E-state index in [1.165, 1.54) is 6.20 Å². The van der Waals surface area contributed by atoms with Gasteiger partial charge in [-0.25, -0.2) is 9.97 Å². The van der Waals surface area contributed by atoms with Crippen molar-refractivity contribution in [3.8, 4) is 0 Å². The van der Waals surface area contributed by atoms with Gasteiger partial charge in [0.25, 0.3) is 0 Å². The van der Waals surface area contributed by atoms with Crippen molar-refractivity contribution in [3.05, 3.63) is 35.4 Å². The second-order valence-electron chi connectivity index (χ2n) is 5.36.